The highest BCUT2D eigenvalue weighted by molar-refractivity contribution is 5.80. The molecule has 110 valence electrons. The van der Waals surface area contributed by atoms with Crippen LogP contribution in [0.3, 0.4) is 0 Å². The van der Waals surface area contributed by atoms with Crippen LogP contribution < -0.4 is 4.59 Å². The average Bonchev–Trinajstić information content (AvgIpc) is 2.48. The molecule has 2 rings (SSSR count). The summed E-state index contributed by atoms with van der Waals surface area (Å²) in [6.07, 6.45) is 1.15. The second-order valence-corrected chi connectivity index (χ2v) is 5.56. The maximum atomic E-state index is 11.5. The molecule has 1 saturated heterocycles. The summed E-state index contributed by atoms with van der Waals surface area (Å²) in [5.74, 6) is 0.292. The van der Waals surface area contributed by atoms with Crippen LogP contribution in [-0.2, 0) is 16.0 Å². The standard InChI is InChI=1S/C16H25N2O2/c1-4-16(19)13-14-5-7-15(8-6-14)18(17(2)3)9-11-20-12-10-18/h5-8H,4,9-13H2,1-3H3/q+1. The zero-order valence-corrected chi connectivity index (χ0v) is 12.8. The topological polar surface area (TPSA) is 29.5 Å². The number of ketones is 1. The fraction of sp³-hybridized carbons (Fsp3) is 0.562. The first kappa shape index (κ1) is 15.2. The number of ether oxygens (including phenoxy) is 1. The fourth-order valence-electron chi connectivity index (χ4n) is 2.78. The van der Waals surface area contributed by atoms with Crippen molar-refractivity contribution in [3.05, 3.63) is 29.8 Å². The van der Waals surface area contributed by atoms with Gasteiger partial charge in [-0.2, -0.15) is 5.01 Å². The van der Waals surface area contributed by atoms with E-state index in [0.717, 1.165) is 36.5 Å². The predicted molar refractivity (Wildman–Crippen MR) is 81.5 cm³/mol. The number of benzene rings is 1. The number of rotatable bonds is 5. The number of Topliss-reactive ketones (excluding diaryl/α,β-unsaturated/α-hetero) is 1. The molecule has 0 spiro atoms. The number of quaternary nitrogens is 1. The maximum absolute atomic E-state index is 11.5. The van der Waals surface area contributed by atoms with Crippen LogP contribution in [0.1, 0.15) is 18.9 Å². The molecule has 1 aliphatic rings. The van der Waals surface area contributed by atoms with Crippen molar-refractivity contribution in [2.45, 2.75) is 19.8 Å². The van der Waals surface area contributed by atoms with Gasteiger partial charge in [-0.3, -0.25) is 4.79 Å². The normalized spacial score (nSPS) is 18.2. The van der Waals surface area contributed by atoms with Crippen molar-refractivity contribution in [3.8, 4) is 0 Å². The Labute approximate surface area is 121 Å². The summed E-state index contributed by atoms with van der Waals surface area (Å²) < 4.78 is 6.32. The van der Waals surface area contributed by atoms with Crippen molar-refractivity contribution in [3.63, 3.8) is 0 Å². The van der Waals surface area contributed by atoms with Gasteiger partial charge in [-0.25, -0.2) is 4.59 Å². The highest BCUT2D eigenvalue weighted by atomic mass is 16.5. The molecule has 0 aliphatic carbocycles. The van der Waals surface area contributed by atoms with Gasteiger partial charge in [0.2, 0.25) is 0 Å². The summed E-state index contributed by atoms with van der Waals surface area (Å²) in [4.78, 5) is 11.5. The van der Waals surface area contributed by atoms with Gasteiger partial charge < -0.3 is 4.74 Å². The van der Waals surface area contributed by atoms with E-state index in [0.29, 0.717) is 18.6 Å². The van der Waals surface area contributed by atoms with Gasteiger partial charge in [-0.15, -0.1) is 0 Å². The summed E-state index contributed by atoms with van der Waals surface area (Å²) in [5, 5.41) is 2.24. The quantitative estimate of drug-likeness (QED) is 0.771. The van der Waals surface area contributed by atoms with Crippen LogP contribution >= 0.6 is 0 Å². The van der Waals surface area contributed by atoms with Gasteiger partial charge in [0.05, 0.1) is 13.2 Å². The lowest BCUT2D eigenvalue weighted by Crippen LogP contribution is -2.63. The summed E-state index contributed by atoms with van der Waals surface area (Å²) in [6.45, 7) is 5.40. The van der Waals surface area contributed by atoms with Gasteiger partial charge in [0.1, 0.15) is 18.9 Å². The van der Waals surface area contributed by atoms with E-state index in [1.165, 1.54) is 5.69 Å². The molecule has 1 aromatic rings. The lowest BCUT2D eigenvalue weighted by Gasteiger charge is -2.44. The largest absolute Gasteiger partial charge is 0.370 e. The Balaban J connectivity index is 2.20. The molecular weight excluding hydrogens is 252 g/mol. The molecule has 1 heterocycles. The third kappa shape index (κ3) is 3.08. The van der Waals surface area contributed by atoms with E-state index >= 15 is 0 Å². The Bertz CT molecular complexity index is 448. The molecule has 4 heteroatoms. The lowest BCUT2D eigenvalue weighted by atomic mass is 10.1. The number of carbonyl (C=O) groups excluding carboxylic acids is 1. The Kier molecular flexibility index (Phi) is 4.91. The Morgan fingerprint density at radius 3 is 2.30 bits per heavy atom. The number of carbonyl (C=O) groups is 1. The number of hydrogen-bond acceptors (Lipinski definition) is 3. The highest BCUT2D eigenvalue weighted by Crippen LogP contribution is 2.26. The number of nitrogens with zero attached hydrogens (tertiary/aromatic N) is 2. The third-order valence-electron chi connectivity index (χ3n) is 4.19. The van der Waals surface area contributed by atoms with Gasteiger partial charge in [0, 0.05) is 39.1 Å². The van der Waals surface area contributed by atoms with E-state index in [1.54, 1.807) is 0 Å². The zero-order valence-electron chi connectivity index (χ0n) is 12.8. The second-order valence-electron chi connectivity index (χ2n) is 5.56. The fourth-order valence-corrected chi connectivity index (χ4v) is 2.78. The molecule has 0 unspecified atom stereocenters. The Morgan fingerprint density at radius 2 is 1.80 bits per heavy atom. The monoisotopic (exact) mass is 277 g/mol. The van der Waals surface area contributed by atoms with Crippen LogP contribution in [0.2, 0.25) is 0 Å². The molecule has 0 bridgehead atoms. The summed E-state index contributed by atoms with van der Waals surface area (Å²) in [7, 11) is 4.22. The molecular formula is C16H25N2O2+. The van der Waals surface area contributed by atoms with E-state index in [2.05, 4.69) is 43.4 Å². The molecule has 1 aromatic carbocycles. The van der Waals surface area contributed by atoms with Crippen LogP contribution in [0.5, 0.6) is 0 Å². The minimum Gasteiger partial charge on any atom is -0.370 e. The van der Waals surface area contributed by atoms with Crippen LogP contribution in [0.15, 0.2) is 24.3 Å². The van der Waals surface area contributed by atoms with Crippen LogP contribution in [0.4, 0.5) is 5.69 Å². The van der Waals surface area contributed by atoms with E-state index in [9.17, 15) is 4.79 Å². The first-order valence-corrected chi connectivity index (χ1v) is 7.32. The van der Waals surface area contributed by atoms with Crippen molar-refractivity contribution in [2.24, 2.45) is 0 Å². The second kappa shape index (κ2) is 6.48. The molecule has 0 N–H and O–H groups in total. The van der Waals surface area contributed by atoms with Gasteiger partial charge in [-0.1, -0.05) is 19.1 Å². The van der Waals surface area contributed by atoms with Crippen LogP contribution in [0, 0.1) is 0 Å². The summed E-state index contributed by atoms with van der Waals surface area (Å²) in [6, 6.07) is 8.48. The van der Waals surface area contributed by atoms with Crippen molar-refractivity contribution < 1.29 is 9.53 Å². The number of hydrogen-bond donors (Lipinski definition) is 0. The molecule has 0 aromatic heterocycles. The Hall–Kier alpha value is -1.23. The van der Waals surface area contributed by atoms with Crippen molar-refractivity contribution in [2.75, 3.05) is 40.4 Å². The molecule has 0 atom stereocenters. The third-order valence-corrected chi connectivity index (χ3v) is 4.19. The van der Waals surface area contributed by atoms with E-state index < -0.39 is 0 Å². The average molecular weight is 277 g/mol. The molecule has 4 nitrogen and oxygen atoms in total. The first-order valence-electron chi connectivity index (χ1n) is 7.32. The lowest BCUT2D eigenvalue weighted by molar-refractivity contribution is -0.118. The van der Waals surface area contributed by atoms with Gasteiger partial charge in [0.25, 0.3) is 0 Å². The van der Waals surface area contributed by atoms with Gasteiger partial charge >= 0.3 is 0 Å². The summed E-state index contributed by atoms with van der Waals surface area (Å²) in [5.41, 5.74) is 2.37. The predicted octanol–water partition coefficient (Wildman–Crippen LogP) is 2.02. The van der Waals surface area contributed by atoms with Gasteiger partial charge in [0.15, 0.2) is 5.69 Å². The molecule has 0 amide bonds. The van der Waals surface area contributed by atoms with E-state index in [4.69, 9.17) is 4.74 Å². The minimum atomic E-state index is 0.292. The van der Waals surface area contributed by atoms with Crippen molar-refractivity contribution in [1.29, 1.82) is 0 Å². The highest BCUT2D eigenvalue weighted by Gasteiger charge is 2.36. The molecule has 1 fully saturated rings. The van der Waals surface area contributed by atoms with E-state index in [-0.39, 0.29) is 0 Å². The SMILES string of the molecule is CCC(=O)Cc1ccc([N+]2(N(C)C)CCOCC2)cc1. The first-order chi connectivity index (χ1) is 9.58. The maximum Gasteiger partial charge on any atom is 0.152 e. The minimum absolute atomic E-state index is 0.292. The molecule has 0 saturated carbocycles. The molecule has 1 aliphatic heterocycles. The van der Waals surface area contributed by atoms with Crippen LogP contribution in [0.25, 0.3) is 0 Å². The molecule has 20 heavy (non-hydrogen) atoms. The van der Waals surface area contributed by atoms with Gasteiger partial charge in [-0.05, 0) is 5.56 Å². The van der Waals surface area contributed by atoms with Crippen LogP contribution in [-0.4, -0.2) is 51.2 Å². The van der Waals surface area contributed by atoms with E-state index in [1.807, 2.05) is 6.92 Å². The van der Waals surface area contributed by atoms with Crippen molar-refractivity contribution in [1.82, 2.24) is 9.60 Å². The smallest absolute Gasteiger partial charge is 0.152 e. The van der Waals surface area contributed by atoms with Crippen molar-refractivity contribution >= 4 is 11.5 Å². The zero-order chi connectivity index (χ0) is 14.6. The summed E-state index contributed by atoms with van der Waals surface area (Å²) >= 11 is 0. The molecule has 0 radical (unpaired) electrons. The number of morpholine rings is 1. The Morgan fingerprint density at radius 1 is 1.20 bits per heavy atom.